The van der Waals surface area contributed by atoms with Gasteiger partial charge in [-0.2, -0.15) is 0 Å². The molecule has 0 saturated heterocycles. The lowest BCUT2D eigenvalue weighted by molar-refractivity contribution is 0.768. The van der Waals surface area contributed by atoms with Crippen molar-refractivity contribution in [2.75, 3.05) is 5.32 Å². The molecule has 0 amide bonds. The number of nitrogens with one attached hydrogen (secondary N) is 1. The van der Waals surface area contributed by atoms with E-state index in [0.717, 1.165) is 17.2 Å². The van der Waals surface area contributed by atoms with Crippen molar-refractivity contribution in [1.29, 1.82) is 0 Å². The number of anilines is 1. The Morgan fingerprint density at radius 3 is 2.63 bits per heavy atom. The van der Waals surface area contributed by atoms with Crippen LogP contribution in [0.2, 0.25) is 5.15 Å². The first kappa shape index (κ1) is 13.7. The highest BCUT2D eigenvalue weighted by Crippen LogP contribution is 2.21. The SMILES string of the molecule is CC(C)c1nc(Cl)cc(NC(C)c2cccnc2)n1. The molecule has 2 rings (SSSR count). The predicted octanol–water partition coefficient (Wildman–Crippen LogP) is 3.82. The summed E-state index contributed by atoms with van der Waals surface area (Å²) in [7, 11) is 0. The molecule has 5 heteroatoms. The Kier molecular flexibility index (Phi) is 4.32. The van der Waals surface area contributed by atoms with Gasteiger partial charge >= 0.3 is 0 Å². The number of hydrogen-bond donors (Lipinski definition) is 1. The fourth-order valence-electron chi connectivity index (χ4n) is 1.70. The lowest BCUT2D eigenvalue weighted by atomic mass is 10.1. The molecule has 2 heterocycles. The predicted molar refractivity (Wildman–Crippen MR) is 77.4 cm³/mol. The van der Waals surface area contributed by atoms with Crippen LogP contribution in [0.5, 0.6) is 0 Å². The van der Waals surface area contributed by atoms with E-state index in [2.05, 4.69) is 27.2 Å². The Morgan fingerprint density at radius 1 is 1.21 bits per heavy atom. The van der Waals surface area contributed by atoms with Crippen molar-refractivity contribution >= 4 is 17.4 Å². The molecule has 100 valence electrons. The van der Waals surface area contributed by atoms with E-state index in [4.69, 9.17) is 11.6 Å². The van der Waals surface area contributed by atoms with Gasteiger partial charge in [0.2, 0.25) is 0 Å². The third-order valence-electron chi connectivity index (χ3n) is 2.78. The normalized spacial score (nSPS) is 12.5. The second-order valence-corrected chi connectivity index (χ2v) is 5.13. The molecule has 4 nitrogen and oxygen atoms in total. The maximum Gasteiger partial charge on any atom is 0.135 e. The minimum absolute atomic E-state index is 0.111. The molecule has 0 aliphatic carbocycles. The summed E-state index contributed by atoms with van der Waals surface area (Å²) in [5.74, 6) is 1.72. The van der Waals surface area contributed by atoms with Gasteiger partial charge in [-0.05, 0) is 18.6 Å². The molecule has 1 atom stereocenters. The van der Waals surface area contributed by atoms with Crippen LogP contribution in [0.15, 0.2) is 30.6 Å². The van der Waals surface area contributed by atoms with Crippen molar-refractivity contribution in [3.63, 3.8) is 0 Å². The molecule has 0 spiro atoms. The molecule has 2 aromatic rings. The molecule has 1 unspecified atom stereocenters. The van der Waals surface area contributed by atoms with Crippen LogP contribution in [-0.2, 0) is 0 Å². The second kappa shape index (κ2) is 5.97. The molecule has 19 heavy (non-hydrogen) atoms. The van der Waals surface area contributed by atoms with Gasteiger partial charge in [0, 0.05) is 24.4 Å². The zero-order valence-electron chi connectivity index (χ0n) is 11.3. The quantitative estimate of drug-likeness (QED) is 0.863. The first-order valence-electron chi connectivity index (χ1n) is 6.27. The van der Waals surface area contributed by atoms with Gasteiger partial charge in [0.15, 0.2) is 0 Å². The van der Waals surface area contributed by atoms with E-state index >= 15 is 0 Å². The number of rotatable bonds is 4. The first-order valence-corrected chi connectivity index (χ1v) is 6.65. The van der Waals surface area contributed by atoms with Gasteiger partial charge in [-0.1, -0.05) is 31.5 Å². The highest BCUT2D eigenvalue weighted by molar-refractivity contribution is 6.29. The number of hydrogen-bond acceptors (Lipinski definition) is 4. The summed E-state index contributed by atoms with van der Waals surface area (Å²) in [6.45, 7) is 6.14. The van der Waals surface area contributed by atoms with Crippen molar-refractivity contribution in [2.24, 2.45) is 0 Å². The maximum atomic E-state index is 6.02. The molecule has 0 fully saturated rings. The van der Waals surface area contributed by atoms with Crippen molar-refractivity contribution < 1.29 is 0 Å². The highest BCUT2D eigenvalue weighted by Gasteiger charge is 2.10. The highest BCUT2D eigenvalue weighted by atomic mass is 35.5. The van der Waals surface area contributed by atoms with Crippen molar-refractivity contribution in [3.05, 3.63) is 47.1 Å². The molecule has 0 radical (unpaired) electrons. The van der Waals surface area contributed by atoms with E-state index in [1.165, 1.54) is 0 Å². The van der Waals surface area contributed by atoms with E-state index in [0.29, 0.717) is 5.15 Å². The summed E-state index contributed by atoms with van der Waals surface area (Å²) in [6.07, 6.45) is 3.60. The number of halogens is 1. The standard InChI is InChI=1S/C14H17ClN4/c1-9(2)14-18-12(15)7-13(19-14)17-10(3)11-5-4-6-16-8-11/h4-10H,1-3H3,(H,17,18,19). The van der Waals surface area contributed by atoms with Gasteiger partial charge < -0.3 is 5.32 Å². The molecule has 1 N–H and O–H groups in total. The van der Waals surface area contributed by atoms with Crippen molar-refractivity contribution in [3.8, 4) is 0 Å². The van der Waals surface area contributed by atoms with Crippen molar-refractivity contribution in [2.45, 2.75) is 32.7 Å². The Bertz CT molecular complexity index is 542. The smallest absolute Gasteiger partial charge is 0.135 e. The van der Waals surface area contributed by atoms with Gasteiger partial charge in [0.1, 0.15) is 16.8 Å². The molecule has 0 bridgehead atoms. The minimum atomic E-state index is 0.111. The Hall–Kier alpha value is -1.68. The zero-order valence-corrected chi connectivity index (χ0v) is 12.0. The lowest BCUT2D eigenvalue weighted by Crippen LogP contribution is -2.10. The van der Waals surface area contributed by atoms with Gasteiger partial charge in [-0.3, -0.25) is 4.98 Å². The third kappa shape index (κ3) is 3.64. The fraction of sp³-hybridized carbons (Fsp3) is 0.357. The monoisotopic (exact) mass is 276 g/mol. The van der Waals surface area contributed by atoms with Crippen LogP contribution in [0.4, 0.5) is 5.82 Å². The molecule has 2 aromatic heterocycles. The molecule has 0 saturated carbocycles. The fourth-order valence-corrected chi connectivity index (χ4v) is 1.89. The lowest BCUT2D eigenvalue weighted by Gasteiger charge is -2.15. The van der Waals surface area contributed by atoms with Gasteiger partial charge in [0.05, 0.1) is 6.04 Å². The van der Waals surface area contributed by atoms with Crippen LogP contribution in [0.25, 0.3) is 0 Å². The van der Waals surface area contributed by atoms with E-state index < -0.39 is 0 Å². The third-order valence-corrected chi connectivity index (χ3v) is 2.97. The second-order valence-electron chi connectivity index (χ2n) is 4.74. The number of nitrogens with zero attached hydrogens (tertiary/aromatic N) is 3. The van der Waals surface area contributed by atoms with E-state index in [9.17, 15) is 0 Å². The zero-order chi connectivity index (χ0) is 13.8. The summed E-state index contributed by atoms with van der Waals surface area (Å²) in [4.78, 5) is 12.8. The Balaban J connectivity index is 2.19. The average Bonchev–Trinajstić information content (AvgIpc) is 2.39. The molecule has 0 aromatic carbocycles. The molecular weight excluding hydrogens is 260 g/mol. The van der Waals surface area contributed by atoms with Crippen LogP contribution >= 0.6 is 11.6 Å². The summed E-state index contributed by atoms with van der Waals surface area (Å²) >= 11 is 6.02. The number of aromatic nitrogens is 3. The Labute approximate surface area is 118 Å². The van der Waals surface area contributed by atoms with Crippen LogP contribution in [0.3, 0.4) is 0 Å². The van der Waals surface area contributed by atoms with Crippen LogP contribution in [-0.4, -0.2) is 15.0 Å². The van der Waals surface area contributed by atoms with E-state index in [1.54, 1.807) is 12.3 Å². The Morgan fingerprint density at radius 2 is 2.00 bits per heavy atom. The van der Waals surface area contributed by atoms with Crippen LogP contribution < -0.4 is 5.32 Å². The largest absolute Gasteiger partial charge is 0.363 e. The van der Waals surface area contributed by atoms with Crippen LogP contribution in [0, 0.1) is 0 Å². The average molecular weight is 277 g/mol. The van der Waals surface area contributed by atoms with Gasteiger partial charge in [-0.25, -0.2) is 9.97 Å². The first-order chi connectivity index (χ1) is 9.06. The molecular formula is C14H17ClN4. The van der Waals surface area contributed by atoms with E-state index in [-0.39, 0.29) is 12.0 Å². The summed E-state index contributed by atoms with van der Waals surface area (Å²) in [5, 5.41) is 3.78. The minimum Gasteiger partial charge on any atom is -0.363 e. The van der Waals surface area contributed by atoms with Crippen LogP contribution in [0.1, 0.15) is 44.1 Å². The topological polar surface area (TPSA) is 50.7 Å². The summed E-state index contributed by atoms with van der Waals surface area (Å²) in [5.41, 5.74) is 1.10. The maximum absolute atomic E-state index is 6.02. The van der Waals surface area contributed by atoms with Gasteiger partial charge in [-0.15, -0.1) is 0 Å². The molecule has 0 aliphatic heterocycles. The number of pyridine rings is 1. The summed E-state index contributed by atoms with van der Waals surface area (Å²) in [6, 6.07) is 5.79. The van der Waals surface area contributed by atoms with Gasteiger partial charge in [0.25, 0.3) is 0 Å². The van der Waals surface area contributed by atoms with Crippen molar-refractivity contribution in [1.82, 2.24) is 15.0 Å². The summed E-state index contributed by atoms with van der Waals surface area (Å²) < 4.78 is 0. The molecule has 0 aliphatic rings. The van der Waals surface area contributed by atoms with E-state index in [1.807, 2.05) is 32.2 Å².